The highest BCUT2D eigenvalue weighted by atomic mass is 32.2. The maximum absolute atomic E-state index is 12.6. The molecule has 0 aliphatic heterocycles. The van der Waals surface area contributed by atoms with Crippen LogP contribution in [0.3, 0.4) is 0 Å². The number of nitrogens with two attached hydrogens (primary N) is 1. The van der Waals surface area contributed by atoms with Gasteiger partial charge in [0.15, 0.2) is 0 Å². The largest absolute Gasteiger partial charge is 0.398 e. The Kier molecular flexibility index (Phi) is 4.12. The second kappa shape index (κ2) is 5.06. The highest BCUT2D eigenvalue weighted by Crippen LogP contribution is 2.23. The topological polar surface area (TPSA) is 85.1 Å². The molecule has 1 rings (SSSR count). The molecule has 0 aromatic carbocycles. The van der Waals surface area contributed by atoms with Gasteiger partial charge in [-0.25, -0.2) is 21.9 Å². The van der Waals surface area contributed by atoms with Gasteiger partial charge in [-0.2, -0.15) is 8.78 Å². The minimum atomic E-state index is -4.45. The van der Waals surface area contributed by atoms with Gasteiger partial charge in [-0.15, -0.1) is 0 Å². The van der Waals surface area contributed by atoms with Gasteiger partial charge in [0.05, 0.1) is 12.2 Å². The number of anilines is 1. The van der Waals surface area contributed by atoms with Crippen LogP contribution in [0.15, 0.2) is 23.4 Å². The van der Waals surface area contributed by atoms with E-state index in [2.05, 4.69) is 4.98 Å². The van der Waals surface area contributed by atoms with E-state index in [0.717, 1.165) is 12.3 Å². The molecule has 0 aliphatic rings. The number of nitrogen functional groups attached to an aromatic ring is 1. The van der Waals surface area contributed by atoms with E-state index in [1.165, 1.54) is 10.9 Å². The second-order valence-electron chi connectivity index (χ2n) is 3.30. The number of rotatable bonds is 5. The third-order valence-electron chi connectivity index (χ3n) is 1.92. The van der Waals surface area contributed by atoms with Crippen molar-refractivity contribution in [2.75, 3.05) is 12.3 Å². The maximum Gasteiger partial charge on any atom is 0.320 e. The molecule has 0 bridgehead atoms. The van der Waals surface area contributed by atoms with Crippen LogP contribution in [-0.2, 0) is 10.0 Å². The van der Waals surface area contributed by atoms with Crippen molar-refractivity contribution in [2.24, 2.45) is 0 Å². The van der Waals surface area contributed by atoms with E-state index in [1.54, 1.807) is 0 Å². The molecule has 0 unspecified atom stereocenters. The van der Waals surface area contributed by atoms with Gasteiger partial charge in [0.1, 0.15) is 4.90 Å². The quantitative estimate of drug-likeness (QED) is 0.786. The lowest BCUT2D eigenvalue weighted by Crippen LogP contribution is -2.41. The molecule has 102 valence electrons. The van der Waals surface area contributed by atoms with Crippen molar-refractivity contribution in [3.05, 3.63) is 18.5 Å². The predicted molar refractivity (Wildman–Crippen MR) is 54.8 cm³/mol. The molecule has 1 aromatic heterocycles. The zero-order valence-electron chi connectivity index (χ0n) is 8.78. The Morgan fingerprint density at radius 2 is 2.06 bits per heavy atom. The van der Waals surface area contributed by atoms with E-state index in [4.69, 9.17) is 5.73 Å². The summed E-state index contributed by atoms with van der Waals surface area (Å²) in [6, 6.07) is 1.14. The first-order valence-electron chi connectivity index (χ1n) is 4.52. The number of halogens is 4. The van der Waals surface area contributed by atoms with E-state index in [1.807, 2.05) is 0 Å². The molecule has 5 nitrogen and oxygen atoms in total. The molecule has 3 N–H and O–H groups in total. The number of nitrogens with one attached hydrogen (secondary N) is 1. The fourth-order valence-corrected chi connectivity index (χ4v) is 2.08. The van der Waals surface area contributed by atoms with Crippen LogP contribution >= 0.6 is 0 Å². The molecule has 0 amide bonds. The molecule has 0 saturated carbocycles. The summed E-state index contributed by atoms with van der Waals surface area (Å²) in [5, 5.41) is 0. The Morgan fingerprint density at radius 3 is 2.56 bits per heavy atom. The van der Waals surface area contributed by atoms with Gasteiger partial charge < -0.3 is 5.73 Å². The Morgan fingerprint density at radius 1 is 1.44 bits per heavy atom. The number of pyridine rings is 1. The normalized spacial score (nSPS) is 12.9. The van der Waals surface area contributed by atoms with Crippen LogP contribution in [0, 0.1) is 0 Å². The maximum atomic E-state index is 12.6. The summed E-state index contributed by atoms with van der Waals surface area (Å²) in [5.74, 6) is -4.45. The molecule has 0 aliphatic carbocycles. The molecular formula is C8H9F4N3O2S. The summed E-state index contributed by atoms with van der Waals surface area (Å²) >= 11 is 0. The van der Waals surface area contributed by atoms with E-state index >= 15 is 0 Å². The van der Waals surface area contributed by atoms with E-state index in [-0.39, 0.29) is 5.69 Å². The first-order valence-corrected chi connectivity index (χ1v) is 6.00. The summed E-state index contributed by atoms with van der Waals surface area (Å²) in [7, 11) is -4.41. The average Bonchev–Trinajstić information content (AvgIpc) is 2.27. The molecule has 0 saturated heterocycles. The van der Waals surface area contributed by atoms with Crippen LogP contribution in [0.1, 0.15) is 0 Å². The lowest BCUT2D eigenvalue weighted by atomic mass is 10.4. The zero-order valence-corrected chi connectivity index (χ0v) is 9.59. The molecule has 0 radical (unpaired) electrons. The van der Waals surface area contributed by atoms with Gasteiger partial charge in [0.2, 0.25) is 10.0 Å². The Bertz CT molecular complexity index is 521. The first kappa shape index (κ1) is 14.6. The number of alkyl halides is 4. The minimum Gasteiger partial charge on any atom is -0.398 e. The van der Waals surface area contributed by atoms with Crippen LogP contribution in [0.2, 0.25) is 0 Å². The summed E-state index contributed by atoms with van der Waals surface area (Å²) in [5.41, 5.74) is 5.09. The Balaban J connectivity index is 2.88. The van der Waals surface area contributed by atoms with E-state index in [9.17, 15) is 26.0 Å². The van der Waals surface area contributed by atoms with Gasteiger partial charge in [-0.05, 0) is 6.07 Å². The van der Waals surface area contributed by atoms with Crippen LogP contribution < -0.4 is 10.5 Å². The first-order chi connectivity index (χ1) is 8.17. The van der Waals surface area contributed by atoms with Crippen molar-refractivity contribution in [1.29, 1.82) is 0 Å². The summed E-state index contributed by atoms with van der Waals surface area (Å²) in [4.78, 5) is 2.91. The molecule has 0 atom stereocenters. The fraction of sp³-hybridized carbons (Fsp3) is 0.375. The lowest BCUT2D eigenvalue weighted by molar-refractivity contribution is -0.122. The zero-order chi connectivity index (χ0) is 14.0. The molecule has 1 aromatic rings. The molecule has 0 spiro atoms. The van der Waals surface area contributed by atoms with Crippen molar-refractivity contribution in [2.45, 2.75) is 17.2 Å². The van der Waals surface area contributed by atoms with Gasteiger partial charge in [0, 0.05) is 12.4 Å². The summed E-state index contributed by atoms with van der Waals surface area (Å²) in [6.45, 7) is -1.72. The lowest BCUT2D eigenvalue weighted by Gasteiger charge is -2.16. The number of hydrogen-bond acceptors (Lipinski definition) is 4. The van der Waals surface area contributed by atoms with Crippen LogP contribution in [0.25, 0.3) is 0 Å². The number of nitrogens with zero attached hydrogens (tertiary/aromatic N) is 1. The summed E-state index contributed by atoms with van der Waals surface area (Å²) in [6.07, 6.45) is -1.94. The van der Waals surface area contributed by atoms with E-state index < -0.39 is 33.8 Å². The Hall–Kier alpha value is -1.42. The second-order valence-corrected chi connectivity index (χ2v) is 5.04. The molecular weight excluding hydrogens is 278 g/mol. The highest BCUT2D eigenvalue weighted by molar-refractivity contribution is 7.89. The average molecular weight is 287 g/mol. The number of sulfonamides is 1. The molecule has 10 heteroatoms. The monoisotopic (exact) mass is 287 g/mol. The Labute approximate surface area is 100 Å². The van der Waals surface area contributed by atoms with Crippen LogP contribution in [-0.4, -0.2) is 32.3 Å². The highest BCUT2D eigenvalue weighted by Gasteiger charge is 2.41. The smallest absolute Gasteiger partial charge is 0.320 e. The van der Waals surface area contributed by atoms with Crippen LogP contribution in [0.5, 0.6) is 0 Å². The van der Waals surface area contributed by atoms with Crippen molar-refractivity contribution in [3.63, 3.8) is 0 Å². The predicted octanol–water partition coefficient (Wildman–Crippen LogP) is 0.843. The van der Waals surface area contributed by atoms with Gasteiger partial charge in [0.25, 0.3) is 0 Å². The number of hydrogen-bond donors (Lipinski definition) is 2. The minimum absolute atomic E-state index is 0.224. The SMILES string of the molecule is Nc1ccncc1S(=O)(=O)NCC(F)(F)C(F)F. The van der Waals surface area contributed by atoms with Crippen molar-refractivity contribution < 1.29 is 26.0 Å². The van der Waals surface area contributed by atoms with Crippen molar-refractivity contribution >= 4 is 15.7 Å². The summed E-state index contributed by atoms with van der Waals surface area (Å²) < 4.78 is 73.2. The number of aromatic nitrogens is 1. The molecule has 18 heavy (non-hydrogen) atoms. The van der Waals surface area contributed by atoms with E-state index in [0.29, 0.717) is 0 Å². The van der Waals surface area contributed by atoms with Crippen molar-refractivity contribution in [3.8, 4) is 0 Å². The van der Waals surface area contributed by atoms with Crippen LogP contribution in [0.4, 0.5) is 23.2 Å². The standard InChI is InChI=1S/C8H9F4N3O2S/c9-7(10)8(11,12)4-15-18(16,17)6-3-14-2-1-5(6)13/h1-3,7,15H,4H2,(H2,13,14). The third-order valence-corrected chi connectivity index (χ3v) is 3.37. The van der Waals surface area contributed by atoms with Gasteiger partial charge >= 0.3 is 12.3 Å². The molecule has 1 heterocycles. The van der Waals surface area contributed by atoms with Crippen molar-refractivity contribution in [1.82, 2.24) is 9.71 Å². The van der Waals surface area contributed by atoms with Gasteiger partial charge in [-0.3, -0.25) is 4.98 Å². The van der Waals surface area contributed by atoms with Gasteiger partial charge in [-0.1, -0.05) is 0 Å². The molecule has 0 fully saturated rings. The third kappa shape index (κ3) is 3.29. The fourth-order valence-electron chi connectivity index (χ4n) is 0.961.